The highest BCUT2D eigenvalue weighted by Gasteiger charge is 2.67. The molecular formula is C120H145ClF2I2N12O8. The van der Waals surface area contributed by atoms with Crippen LogP contribution in [0.2, 0.25) is 0 Å². The number of nitrogens with one attached hydrogen (secondary N) is 5. The monoisotopic (exact) mass is 2210 g/mol. The maximum atomic E-state index is 12.4. The van der Waals surface area contributed by atoms with Gasteiger partial charge in [-0.05, 0) is 326 Å². The molecule has 12 heterocycles. The van der Waals surface area contributed by atoms with Crippen LogP contribution in [0, 0.1) is 23.7 Å². The van der Waals surface area contributed by atoms with Gasteiger partial charge in [0.2, 0.25) is 0 Å². The lowest BCUT2D eigenvalue weighted by Crippen LogP contribution is -2.71. The number of carbonyl (C=O) groups excluding carboxylic acids is 2. The Kier molecular flexibility index (Phi) is 27.8. The number of H-pyrrole nitrogens is 4. The molecular weight excluding hydrogens is 2060 g/mol. The van der Waals surface area contributed by atoms with Crippen LogP contribution in [-0.2, 0) is 35.2 Å². The molecule has 4 aromatic heterocycles. The number of amides is 2. The predicted octanol–water partition coefficient (Wildman–Crippen LogP) is 24.9. The van der Waals surface area contributed by atoms with E-state index in [9.17, 15) is 23.5 Å². The Morgan fingerprint density at radius 1 is 0.386 bits per heavy atom. The second-order valence-electron chi connectivity index (χ2n) is 47.6. The van der Waals surface area contributed by atoms with Crippen molar-refractivity contribution in [3.05, 3.63) is 261 Å². The second kappa shape index (κ2) is 40.1. The standard InChI is InChI=1S/C31H37N3O3.C29H34FN3O.C26H29N3O.C23H24N2O.C8H14INO2.C3H6FI.ClH/c1-19-13-25-24-7-5-6-8-26(24)32-27(25)28(34(19)31-14-20(15-31)16-31)21-9-11-22(12-10-21)36-23-17-33(18-23)29(35)37-30(2,3)4;1-19-13-25-24-5-2-3-6-26(24)31-27(25)28(33(19)29-14-20(15-29)16-29)21-7-9-22(10-8-21)34-23-17-32(18-23)12-4-11-30;1-16-10-22-21-4-2-3-5-23(21)28-24(22)25(29(16)26-11-17(12-26)13-26)18-6-8-19(9-7-18)30-20-14-27-15-20;1-14-10-19-18-4-2-3-5-20(18)24-21(19)22(16-6-8-17(26)9-7-16)25(14)23-11-15(12-23)13-23;1-8(2,3)12-7(11)10-4-6(9)5-10;4-2-1-3-5;/h5-12,19-20,23,28,32H,13-18H2,1-4H3;2-3,5-10,19-20,23,28,31H,4,11-18H2,1H3;2-9,16-17,20,25,27-28H,10-15H2,1H3;2-9,14-15,22,24,26H,10-13H2,1H3;6H,4-5H2,1-3H3;1-3H2;1H/t19-,20?,28-,31?;19-,20?,28-,29?;16-,17?,25-,26?;14-,15?,22-,23?;;;/m1111.../s1. The summed E-state index contributed by atoms with van der Waals surface area (Å²) < 4.78 is 54.1. The lowest BCUT2D eigenvalue weighted by Gasteiger charge is -2.70. The van der Waals surface area contributed by atoms with Crippen molar-refractivity contribution in [2.75, 3.05) is 76.7 Å². The summed E-state index contributed by atoms with van der Waals surface area (Å²) in [5, 5.41) is 18.6. The first-order chi connectivity index (χ1) is 69.5. The van der Waals surface area contributed by atoms with Gasteiger partial charge in [0.1, 0.15) is 52.5 Å². The smallest absolute Gasteiger partial charge is 0.410 e. The van der Waals surface area contributed by atoms with Gasteiger partial charge in [0, 0.05) is 167 Å². The first-order valence-electron chi connectivity index (χ1n) is 53.8. The van der Waals surface area contributed by atoms with E-state index in [0.29, 0.717) is 94.1 Å². The molecule has 8 aromatic carbocycles. The summed E-state index contributed by atoms with van der Waals surface area (Å²) in [7, 11) is 0. The number of rotatable bonds is 19. The number of aromatic hydroxyl groups is 1. The Bertz CT molecular complexity index is 6590. The number of hydrogen-bond acceptors (Lipinski definition) is 14. The molecule has 20 aliphatic rings. The highest BCUT2D eigenvalue weighted by atomic mass is 127. The van der Waals surface area contributed by atoms with Crippen LogP contribution in [0.3, 0.4) is 0 Å². The van der Waals surface area contributed by atoms with Gasteiger partial charge in [0.25, 0.3) is 0 Å². The number of likely N-dealkylation sites (tertiary alicyclic amines) is 3. The average molecular weight is 2210 g/mol. The first-order valence-corrected chi connectivity index (χ1v) is 56.6. The Balaban J connectivity index is 0.000000105. The van der Waals surface area contributed by atoms with Crippen molar-refractivity contribution in [1.82, 2.24) is 59.6 Å². The lowest BCUT2D eigenvalue weighted by atomic mass is 9.48. The fourth-order valence-corrected chi connectivity index (χ4v) is 29.1. The second-order valence-corrected chi connectivity index (χ2v) is 50.4. The quantitative estimate of drug-likeness (QED) is 0.0330. The van der Waals surface area contributed by atoms with Crippen LogP contribution in [0.25, 0.3) is 43.6 Å². The van der Waals surface area contributed by atoms with E-state index < -0.39 is 5.60 Å². The molecule has 4 saturated heterocycles. The largest absolute Gasteiger partial charge is 0.508 e. The first kappa shape index (κ1) is 101. The number of ether oxygens (including phenoxy) is 5. The summed E-state index contributed by atoms with van der Waals surface area (Å²) in [6, 6.07) is 72.6. The number of benzene rings is 8. The number of aromatic nitrogens is 4. The SMILES string of the molecule is CC(C)(C)OC(=O)N1CC(I)C1.C[C@@H]1Cc2c([nH]c3ccccc23)[C@@H](c2ccc(O)cc2)N1C12CC(C1)C2.C[C@@H]1Cc2c([nH]c3ccccc23)[C@@H](c2ccc(OC3CN(C(=O)OC(C)(C)C)C3)cc2)N1C12CC(C1)C2.C[C@@H]1Cc2c([nH]c3ccccc23)[C@@H](c2ccc(OC3CN(CCCF)C3)cc2)N1C12CC(C1)C2.C[C@@H]1Cc2c([nH]c3ccccc23)[C@@H](c2ccc(OC3CNC3)cc2)N1C12CC(C1)C2.Cl.FCCCI. The van der Waals surface area contributed by atoms with Gasteiger partial charge < -0.3 is 63.8 Å². The summed E-state index contributed by atoms with van der Waals surface area (Å²) in [5.74, 6) is 6.97. The maximum Gasteiger partial charge on any atom is 0.410 e. The minimum absolute atomic E-state index is 0. The van der Waals surface area contributed by atoms with Crippen molar-refractivity contribution in [3.8, 4) is 23.0 Å². The number of nitrogens with zero attached hydrogens (tertiary/aromatic N) is 7. The normalized spacial score (nSPS) is 29.2. The van der Waals surface area contributed by atoms with Crippen molar-refractivity contribution < 1.29 is 47.2 Å². The van der Waals surface area contributed by atoms with E-state index in [1.54, 1.807) is 9.80 Å². The molecule has 768 valence electrons. The van der Waals surface area contributed by atoms with E-state index >= 15 is 0 Å². The predicted molar refractivity (Wildman–Crippen MR) is 592 cm³/mol. The molecule has 0 radical (unpaired) electrons. The molecule has 2 amide bonds. The molecule has 32 rings (SSSR count). The minimum Gasteiger partial charge on any atom is -0.508 e. The van der Waals surface area contributed by atoms with Crippen LogP contribution in [0.4, 0.5) is 18.4 Å². The van der Waals surface area contributed by atoms with Gasteiger partial charge in [-0.1, -0.05) is 167 Å². The van der Waals surface area contributed by atoms with Crippen molar-refractivity contribution in [2.24, 2.45) is 23.7 Å². The van der Waals surface area contributed by atoms with Crippen molar-refractivity contribution in [3.63, 3.8) is 0 Å². The summed E-state index contributed by atoms with van der Waals surface area (Å²) in [6.07, 6.45) is 22.3. The molecule has 12 saturated carbocycles. The Labute approximate surface area is 886 Å². The number of carbonyl (C=O) groups is 2. The number of fused-ring (bicyclic) bond motifs is 12. The van der Waals surface area contributed by atoms with Gasteiger partial charge in [-0.2, -0.15) is 0 Å². The molecule has 145 heavy (non-hydrogen) atoms. The summed E-state index contributed by atoms with van der Waals surface area (Å²) in [5.41, 5.74) is 22.6. The van der Waals surface area contributed by atoms with E-state index in [4.69, 9.17) is 23.7 Å². The van der Waals surface area contributed by atoms with Crippen LogP contribution in [0.5, 0.6) is 23.0 Å². The van der Waals surface area contributed by atoms with E-state index in [0.717, 1.165) is 117 Å². The Morgan fingerprint density at radius 3 is 0.910 bits per heavy atom. The fourth-order valence-electron chi connectivity index (χ4n) is 27.9. The zero-order chi connectivity index (χ0) is 99.2. The number of phenolic OH excluding ortho intramolecular Hbond substituents is 1. The topological polar surface area (TPSA) is 198 Å². The molecule has 12 aliphatic carbocycles. The summed E-state index contributed by atoms with van der Waals surface area (Å²) in [6.45, 7) is 27.9. The molecule has 20 nitrogen and oxygen atoms in total. The molecule has 8 bridgehead atoms. The molecule has 8 aliphatic heterocycles. The molecule has 8 atom stereocenters. The zero-order valence-electron chi connectivity index (χ0n) is 85.8. The zero-order valence-corrected chi connectivity index (χ0v) is 90.9. The molecule has 6 N–H and O–H groups in total. The molecule has 12 aromatic rings. The molecule has 16 fully saturated rings. The van der Waals surface area contributed by atoms with Crippen LogP contribution in [0.1, 0.15) is 251 Å². The van der Waals surface area contributed by atoms with Crippen molar-refractivity contribution in [1.29, 1.82) is 0 Å². The average Bonchev–Trinajstić information content (AvgIpc) is 1.68. The van der Waals surface area contributed by atoms with Gasteiger partial charge in [-0.3, -0.25) is 33.3 Å². The third-order valence-electron chi connectivity index (χ3n) is 34.9. The molecule has 0 unspecified atom stereocenters. The molecule has 25 heteroatoms. The van der Waals surface area contributed by atoms with Crippen molar-refractivity contribution >= 4 is 113 Å². The lowest BCUT2D eigenvalue weighted by molar-refractivity contribution is -0.174. The third-order valence-corrected chi connectivity index (χ3v) is 36.5. The number of phenols is 1. The number of aromatic amines is 4. The Hall–Kier alpha value is -8.97. The van der Waals surface area contributed by atoms with Gasteiger partial charge in [0.15, 0.2) is 0 Å². The fraction of sp³-hybridized carbons (Fsp3) is 0.517. The minimum atomic E-state index is -0.479. The Morgan fingerprint density at radius 2 is 0.662 bits per heavy atom. The van der Waals surface area contributed by atoms with Crippen molar-refractivity contribution in [2.45, 2.75) is 289 Å². The number of hydrogen-bond donors (Lipinski definition) is 6. The number of para-hydroxylation sites is 4. The van der Waals surface area contributed by atoms with Crippen LogP contribution in [0.15, 0.2) is 194 Å². The van der Waals surface area contributed by atoms with Crippen LogP contribution >= 0.6 is 57.6 Å². The summed E-state index contributed by atoms with van der Waals surface area (Å²) in [4.78, 5) is 55.8. The highest BCUT2D eigenvalue weighted by molar-refractivity contribution is 14.1. The van der Waals surface area contributed by atoms with Crippen LogP contribution < -0.4 is 19.5 Å². The van der Waals surface area contributed by atoms with Gasteiger partial charge in [0.05, 0.1) is 50.6 Å². The molecule has 0 spiro atoms. The van der Waals surface area contributed by atoms with Gasteiger partial charge in [-0.15, -0.1) is 12.4 Å². The van der Waals surface area contributed by atoms with E-state index in [2.05, 4.69) is 305 Å². The van der Waals surface area contributed by atoms with Gasteiger partial charge in [-0.25, -0.2) is 9.59 Å². The van der Waals surface area contributed by atoms with E-state index in [1.807, 2.05) is 53.7 Å². The van der Waals surface area contributed by atoms with E-state index in [1.165, 1.54) is 188 Å². The maximum absolute atomic E-state index is 12.4. The number of halogens is 5. The number of alkyl halides is 4. The van der Waals surface area contributed by atoms with Crippen LogP contribution in [-0.4, -0.2) is 228 Å². The highest BCUT2D eigenvalue weighted by Crippen LogP contribution is 2.69. The van der Waals surface area contributed by atoms with E-state index in [-0.39, 0.29) is 73.9 Å². The summed E-state index contributed by atoms with van der Waals surface area (Å²) >= 11 is 4.48. The third kappa shape index (κ3) is 19.2. The van der Waals surface area contributed by atoms with Gasteiger partial charge >= 0.3 is 12.2 Å².